The van der Waals surface area contributed by atoms with E-state index in [2.05, 4.69) is 11.9 Å². The predicted octanol–water partition coefficient (Wildman–Crippen LogP) is 2.02. The smallest absolute Gasteiger partial charge is 0.251 e. The SMILES string of the molecule is C=C(C)CNC(=O)c1ccc2c(c1)COC2. The topological polar surface area (TPSA) is 38.3 Å². The molecular formula is C13H15NO2. The summed E-state index contributed by atoms with van der Waals surface area (Å²) < 4.78 is 5.30. The molecule has 0 unspecified atom stereocenters. The number of rotatable bonds is 3. The molecule has 0 spiro atoms. The van der Waals surface area contributed by atoms with Crippen molar-refractivity contribution in [1.29, 1.82) is 0 Å². The van der Waals surface area contributed by atoms with Gasteiger partial charge in [-0.2, -0.15) is 0 Å². The van der Waals surface area contributed by atoms with Crippen molar-refractivity contribution in [2.24, 2.45) is 0 Å². The Balaban J connectivity index is 2.09. The second-order valence-electron chi connectivity index (χ2n) is 4.12. The Labute approximate surface area is 95.1 Å². The summed E-state index contributed by atoms with van der Waals surface area (Å²) in [6.45, 7) is 7.41. The molecule has 0 radical (unpaired) electrons. The second-order valence-corrected chi connectivity index (χ2v) is 4.12. The summed E-state index contributed by atoms with van der Waals surface area (Å²) >= 11 is 0. The van der Waals surface area contributed by atoms with Crippen molar-refractivity contribution in [3.63, 3.8) is 0 Å². The maximum atomic E-state index is 11.8. The van der Waals surface area contributed by atoms with Crippen LogP contribution >= 0.6 is 0 Å². The van der Waals surface area contributed by atoms with Crippen molar-refractivity contribution in [2.75, 3.05) is 6.54 Å². The molecule has 84 valence electrons. The molecule has 0 atom stereocenters. The Morgan fingerprint density at radius 1 is 1.44 bits per heavy atom. The van der Waals surface area contributed by atoms with Gasteiger partial charge < -0.3 is 10.1 Å². The van der Waals surface area contributed by atoms with E-state index in [1.54, 1.807) is 0 Å². The summed E-state index contributed by atoms with van der Waals surface area (Å²) in [7, 11) is 0. The van der Waals surface area contributed by atoms with Gasteiger partial charge in [0.05, 0.1) is 13.2 Å². The van der Waals surface area contributed by atoms with Crippen molar-refractivity contribution in [2.45, 2.75) is 20.1 Å². The van der Waals surface area contributed by atoms with E-state index in [-0.39, 0.29) is 5.91 Å². The molecule has 0 aromatic heterocycles. The first kappa shape index (κ1) is 10.9. The van der Waals surface area contributed by atoms with Crippen LogP contribution in [0.25, 0.3) is 0 Å². The Hall–Kier alpha value is -1.61. The highest BCUT2D eigenvalue weighted by Crippen LogP contribution is 2.20. The van der Waals surface area contributed by atoms with Crippen LogP contribution in [-0.4, -0.2) is 12.5 Å². The first-order chi connectivity index (χ1) is 7.66. The summed E-state index contributed by atoms with van der Waals surface area (Å²) in [6.07, 6.45) is 0. The third kappa shape index (κ3) is 2.31. The Kier molecular flexibility index (Phi) is 3.06. The second kappa shape index (κ2) is 4.49. The molecule has 1 aromatic rings. The fraction of sp³-hybridized carbons (Fsp3) is 0.308. The van der Waals surface area contributed by atoms with Gasteiger partial charge in [0.1, 0.15) is 0 Å². The van der Waals surface area contributed by atoms with Crippen LogP contribution in [0.2, 0.25) is 0 Å². The van der Waals surface area contributed by atoms with Gasteiger partial charge >= 0.3 is 0 Å². The van der Waals surface area contributed by atoms with Crippen LogP contribution in [0.15, 0.2) is 30.4 Å². The van der Waals surface area contributed by atoms with Crippen molar-refractivity contribution in [3.8, 4) is 0 Å². The molecule has 0 saturated carbocycles. The number of hydrogen-bond donors (Lipinski definition) is 1. The molecule has 3 heteroatoms. The van der Waals surface area contributed by atoms with Crippen LogP contribution in [0.1, 0.15) is 28.4 Å². The Bertz CT molecular complexity index is 438. The van der Waals surface area contributed by atoms with E-state index in [4.69, 9.17) is 4.74 Å². The summed E-state index contributed by atoms with van der Waals surface area (Å²) in [6, 6.07) is 5.69. The van der Waals surface area contributed by atoms with Gasteiger partial charge in [-0.3, -0.25) is 4.79 Å². The van der Waals surface area contributed by atoms with Crippen LogP contribution in [0.5, 0.6) is 0 Å². The van der Waals surface area contributed by atoms with Crippen LogP contribution < -0.4 is 5.32 Å². The highest BCUT2D eigenvalue weighted by Gasteiger charge is 2.13. The number of benzene rings is 1. The fourth-order valence-electron chi connectivity index (χ4n) is 1.65. The summed E-state index contributed by atoms with van der Waals surface area (Å²) in [4.78, 5) is 11.8. The highest BCUT2D eigenvalue weighted by atomic mass is 16.5. The van der Waals surface area contributed by atoms with Gasteiger partial charge in [-0.05, 0) is 30.2 Å². The maximum absolute atomic E-state index is 11.8. The van der Waals surface area contributed by atoms with Gasteiger partial charge in [-0.25, -0.2) is 0 Å². The lowest BCUT2D eigenvalue weighted by atomic mass is 10.1. The molecule has 0 aliphatic carbocycles. The van der Waals surface area contributed by atoms with Crippen molar-refractivity contribution >= 4 is 5.91 Å². The van der Waals surface area contributed by atoms with Gasteiger partial charge in [0, 0.05) is 12.1 Å². The Morgan fingerprint density at radius 2 is 2.19 bits per heavy atom. The number of carbonyl (C=O) groups excluding carboxylic acids is 1. The van der Waals surface area contributed by atoms with E-state index < -0.39 is 0 Å². The molecule has 0 saturated heterocycles. The van der Waals surface area contributed by atoms with Crippen molar-refractivity contribution in [1.82, 2.24) is 5.32 Å². The molecule has 1 aliphatic heterocycles. The minimum absolute atomic E-state index is 0.0577. The minimum atomic E-state index is -0.0577. The predicted molar refractivity (Wildman–Crippen MR) is 62.1 cm³/mol. The van der Waals surface area contributed by atoms with E-state index in [9.17, 15) is 4.79 Å². The molecule has 1 amide bonds. The van der Waals surface area contributed by atoms with E-state index in [0.717, 1.165) is 11.1 Å². The highest BCUT2D eigenvalue weighted by molar-refractivity contribution is 5.94. The number of hydrogen-bond acceptors (Lipinski definition) is 2. The summed E-state index contributed by atoms with van der Waals surface area (Å²) in [5.41, 5.74) is 3.92. The monoisotopic (exact) mass is 217 g/mol. The number of fused-ring (bicyclic) bond motifs is 1. The lowest BCUT2D eigenvalue weighted by Crippen LogP contribution is -2.24. The van der Waals surface area contributed by atoms with Gasteiger partial charge in [-0.1, -0.05) is 18.2 Å². The minimum Gasteiger partial charge on any atom is -0.372 e. The van der Waals surface area contributed by atoms with E-state index in [0.29, 0.717) is 25.3 Å². The standard InChI is InChI=1S/C13H15NO2/c1-9(2)6-14-13(15)10-3-4-11-7-16-8-12(11)5-10/h3-5H,1,6-8H2,2H3,(H,14,15). The molecule has 0 fully saturated rings. The molecule has 3 nitrogen and oxygen atoms in total. The van der Waals surface area contributed by atoms with Crippen LogP contribution in [0, 0.1) is 0 Å². The van der Waals surface area contributed by atoms with E-state index >= 15 is 0 Å². The normalized spacial score (nSPS) is 13.3. The molecule has 1 N–H and O–H groups in total. The number of nitrogens with one attached hydrogen (secondary N) is 1. The molecule has 1 aliphatic rings. The maximum Gasteiger partial charge on any atom is 0.251 e. The quantitative estimate of drug-likeness (QED) is 0.787. The van der Waals surface area contributed by atoms with Crippen molar-refractivity contribution < 1.29 is 9.53 Å². The fourth-order valence-corrected chi connectivity index (χ4v) is 1.65. The lowest BCUT2D eigenvalue weighted by Gasteiger charge is -2.05. The summed E-state index contributed by atoms with van der Waals surface area (Å²) in [5, 5.41) is 2.81. The average molecular weight is 217 g/mol. The first-order valence-electron chi connectivity index (χ1n) is 5.29. The molecule has 1 aromatic carbocycles. The van der Waals surface area contributed by atoms with Crippen LogP contribution in [-0.2, 0) is 18.0 Å². The Morgan fingerprint density at radius 3 is 2.94 bits per heavy atom. The number of carbonyl (C=O) groups is 1. The van der Waals surface area contributed by atoms with Crippen LogP contribution in [0.3, 0.4) is 0 Å². The zero-order chi connectivity index (χ0) is 11.5. The van der Waals surface area contributed by atoms with Crippen LogP contribution in [0.4, 0.5) is 0 Å². The van der Waals surface area contributed by atoms with E-state index in [1.807, 2.05) is 25.1 Å². The first-order valence-corrected chi connectivity index (χ1v) is 5.29. The van der Waals surface area contributed by atoms with Gasteiger partial charge in [0.25, 0.3) is 5.91 Å². The zero-order valence-corrected chi connectivity index (χ0v) is 9.38. The number of amides is 1. The van der Waals surface area contributed by atoms with Gasteiger partial charge in [-0.15, -0.1) is 0 Å². The third-order valence-corrected chi connectivity index (χ3v) is 2.53. The number of ether oxygens (including phenoxy) is 1. The van der Waals surface area contributed by atoms with Crippen molar-refractivity contribution in [3.05, 3.63) is 47.0 Å². The average Bonchev–Trinajstić information content (AvgIpc) is 2.72. The molecular weight excluding hydrogens is 202 g/mol. The zero-order valence-electron chi connectivity index (χ0n) is 9.38. The third-order valence-electron chi connectivity index (χ3n) is 2.53. The van der Waals surface area contributed by atoms with Gasteiger partial charge in [0.15, 0.2) is 0 Å². The lowest BCUT2D eigenvalue weighted by molar-refractivity contribution is 0.0957. The largest absolute Gasteiger partial charge is 0.372 e. The molecule has 1 heterocycles. The molecule has 2 rings (SSSR count). The molecule has 16 heavy (non-hydrogen) atoms. The van der Waals surface area contributed by atoms with Gasteiger partial charge in [0.2, 0.25) is 0 Å². The molecule has 0 bridgehead atoms. The summed E-state index contributed by atoms with van der Waals surface area (Å²) in [5.74, 6) is -0.0577. The van der Waals surface area contributed by atoms with E-state index in [1.165, 1.54) is 5.56 Å².